The van der Waals surface area contributed by atoms with Crippen LogP contribution in [-0.2, 0) is 32.6 Å². The number of carbonyl (C=O) groups is 2. The van der Waals surface area contributed by atoms with Crippen molar-refractivity contribution in [1.29, 1.82) is 0 Å². The van der Waals surface area contributed by atoms with Crippen molar-refractivity contribution < 1.29 is 18.0 Å². The van der Waals surface area contributed by atoms with Crippen molar-refractivity contribution in [3.8, 4) is 0 Å². The molecule has 4 rings (SSSR count). The molecule has 1 fully saturated rings. The van der Waals surface area contributed by atoms with Crippen LogP contribution in [0.1, 0.15) is 59.9 Å². The molecule has 0 spiro atoms. The predicted molar refractivity (Wildman–Crippen MR) is 169 cm³/mol. The quantitative estimate of drug-likeness (QED) is 0.322. The molecule has 0 aliphatic heterocycles. The van der Waals surface area contributed by atoms with Crippen LogP contribution in [0.3, 0.4) is 0 Å². The maximum absolute atomic E-state index is 14.4. The molecule has 0 saturated heterocycles. The van der Waals surface area contributed by atoms with Crippen LogP contribution < -0.4 is 9.62 Å². The summed E-state index contributed by atoms with van der Waals surface area (Å²) >= 11 is 0. The topological polar surface area (TPSA) is 86.8 Å². The van der Waals surface area contributed by atoms with Crippen LogP contribution in [0, 0.1) is 20.8 Å². The largest absolute Gasteiger partial charge is 0.352 e. The molecule has 0 heterocycles. The molecule has 1 saturated carbocycles. The summed E-state index contributed by atoms with van der Waals surface area (Å²) in [5.74, 6) is -0.631. The maximum atomic E-state index is 14.4. The summed E-state index contributed by atoms with van der Waals surface area (Å²) in [6.45, 7) is 5.44. The third-order valence-electron chi connectivity index (χ3n) is 8.03. The predicted octanol–water partition coefficient (Wildman–Crippen LogP) is 5.47. The smallest absolute Gasteiger partial charge is 0.244 e. The van der Waals surface area contributed by atoms with E-state index in [0.717, 1.165) is 66.2 Å². The summed E-state index contributed by atoms with van der Waals surface area (Å²) in [7, 11) is -3.81. The lowest BCUT2D eigenvalue weighted by molar-refractivity contribution is -0.140. The van der Waals surface area contributed by atoms with Crippen molar-refractivity contribution >= 4 is 27.5 Å². The number of hydrogen-bond donors (Lipinski definition) is 1. The lowest BCUT2D eigenvalue weighted by Crippen LogP contribution is -2.55. The lowest BCUT2D eigenvalue weighted by Gasteiger charge is -2.35. The summed E-state index contributed by atoms with van der Waals surface area (Å²) in [5.41, 5.74) is 4.86. The molecule has 2 amide bonds. The minimum absolute atomic E-state index is 0.0718. The van der Waals surface area contributed by atoms with Crippen molar-refractivity contribution in [2.45, 2.75) is 77.9 Å². The Balaban J connectivity index is 1.75. The molecule has 0 bridgehead atoms. The summed E-state index contributed by atoms with van der Waals surface area (Å²) in [4.78, 5) is 30.0. The van der Waals surface area contributed by atoms with Gasteiger partial charge < -0.3 is 10.2 Å². The number of sulfonamides is 1. The Hall–Kier alpha value is -3.65. The number of para-hydroxylation sites is 1. The van der Waals surface area contributed by atoms with Crippen LogP contribution in [0.25, 0.3) is 0 Å². The molecule has 0 radical (unpaired) electrons. The zero-order valence-electron chi connectivity index (χ0n) is 25.2. The van der Waals surface area contributed by atoms with Gasteiger partial charge >= 0.3 is 0 Å². The minimum atomic E-state index is -3.81. The van der Waals surface area contributed by atoms with Gasteiger partial charge in [0.05, 0.1) is 11.9 Å². The molecular weight excluding hydrogens is 546 g/mol. The molecule has 1 aliphatic rings. The summed E-state index contributed by atoms with van der Waals surface area (Å²) in [6.07, 6.45) is 6.58. The molecule has 7 nitrogen and oxygen atoms in total. The van der Waals surface area contributed by atoms with Crippen LogP contribution >= 0.6 is 0 Å². The van der Waals surface area contributed by atoms with E-state index in [9.17, 15) is 18.0 Å². The van der Waals surface area contributed by atoms with Crippen LogP contribution in [-0.4, -0.2) is 50.0 Å². The molecule has 3 aromatic carbocycles. The first kappa shape index (κ1) is 31.3. The normalized spacial score (nSPS) is 14.7. The van der Waals surface area contributed by atoms with Gasteiger partial charge in [-0.25, -0.2) is 8.42 Å². The van der Waals surface area contributed by atoms with E-state index in [1.165, 1.54) is 4.31 Å². The fourth-order valence-corrected chi connectivity index (χ4v) is 6.84. The number of aryl methyl sites for hydroxylation is 3. The first-order chi connectivity index (χ1) is 20.0. The fourth-order valence-electron chi connectivity index (χ4n) is 5.88. The molecule has 8 heteroatoms. The third kappa shape index (κ3) is 8.22. The van der Waals surface area contributed by atoms with Crippen LogP contribution in [0.15, 0.2) is 72.8 Å². The van der Waals surface area contributed by atoms with Gasteiger partial charge in [0.1, 0.15) is 12.6 Å². The standard InChI is InChI=1S/C34H43N3O4S/c1-25-13-11-18-29(21-25)23-36(32(38)24-37(42(4,40)41)33-26(2)14-12-15-27(33)3)31(22-28-16-7-5-8-17-28)34(39)35-30-19-9-6-10-20-30/h5,7-8,11-18,21,30-31H,6,9-10,19-20,22-24H2,1-4H3,(H,35,39)/t31-/m0/s1. The van der Waals surface area contributed by atoms with Crippen molar-refractivity contribution in [3.05, 3.63) is 101 Å². The van der Waals surface area contributed by atoms with E-state index in [-0.39, 0.29) is 18.5 Å². The fraction of sp³-hybridized carbons (Fsp3) is 0.412. The number of carbonyl (C=O) groups excluding carboxylic acids is 2. The Morgan fingerprint density at radius 1 is 0.857 bits per heavy atom. The molecule has 0 unspecified atom stereocenters. The number of rotatable bonds is 11. The Morgan fingerprint density at radius 3 is 2.10 bits per heavy atom. The monoisotopic (exact) mass is 589 g/mol. The number of nitrogens with one attached hydrogen (secondary N) is 1. The van der Waals surface area contributed by atoms with E-state index < -0.39 is 28.5 Å². The molecular formula is C34H43N3O4S. The highest BCUT2D eigenvalue weighted by atomic mass is 32.2. The van der Waals surface area contributed by atoms with Crippen molar-refractivity contribution in [3.63, 3.8) is 0 Å². The lowest BCUT2D eigenvalue weighted by atomic mass is 9.94. The third-order valence-corrected chi connectivity index (χ3v) is 9.14. The number of nitrogens with zero attached hydrogens (tertiary/aromatic N) is 2. The van der Waals surface area contributed by atoms with Crippen LogP contribution in [0.2, 0.25) is 0 Å². The number of amides is 2. The molecule has 1 aliphatic carbocycles. The van der Waals surface area contributed by atoms with E-state index in [1.807, 2.05) is 93.6 Å². The van der Waals surface area contributed by atoms with Gasteiger partial charge in [-0.3, -0.25) is 13.9 Å². The number of hydrogen-bond acceptors (Lipinski definition) is 4. The highest BCUT2D eigenvalue weighted by Gasteiger charge is 2.34. The van der Waals surface area contributed by atoms with Gasteiger partial charge in [0, 0.05) is 19.0 Å². The second-order valence-electron chi connectivity index (χ2n) is 11.6. The van der Waals surface area contributed by atoms with E-state index in [4.69, 9.17) is 0 Å². The Morgan fingerprint density at radius 2 is 1.48 bits per heavy atom. The molecule has 1 N–H and O–H groups in total. The average molecular weight is 590 g/mol. The molecule has 0 aromatic heterocycles. The first-order valence-corrected chi connectivity index (χ1v) is 16.6. The van der Waals surface area contributed by atoms with Gasteiger partial charge in [-0.2, -0.15) is 0 Å². The van der Waals surface area contributed by atoms with E-state index in [2.05, 4.69) is 5.32 Å². The number of anilines is 1. The SMILES string of the molecule is Cc1cccc(CN(C(=O)CN(c2c(C)cccc2C)S(C)(=O)=O)[C@@H](Cc2ccccc2)C(=O)NC2CCCCC2)c1. The van der Waals surface area contributed by atoms with Crippen LogP contribution in [0.4, 0.5) is 5.69 Å². The Bertz CT molecular complexity index is 1460. The highest BCUT2D eigenvalue weighted by Crippen LogP contribution is 2.28. The summed E-state index contributed by atoms with van der Waals surface area (Å²) in [6, 6.07) is 22.3. The van der Waals surface area contributed by atoms with E-state index in [0.29, 0.717) is 12.1 Å². The van der Waals surface area contributed by atoms with Crippen molar-refractivity contribution in [2.24, 2.45) is 0 Å². The zero-order valence-corrected chi connectivity index (χ0v) is 26.0. The Labute approximate surface area is 251 Å². The van der Waals surface area contributed by atoms with Gasteiger partial charge in [-0.1, -0.05) is 97.6 Å². The van der Waals surface area contributed by atoms with Gasteiger partial charge in [-0.05, 0) is 55.9 Å². The highest BCUT2D eigenvalue weighted by molar-refractivity contribution is 7.92. The minimum Gasteiger partial charge on any atom is -0.352 e. The van der Waals surface area contributed by atoms with Crippen molar-refractivity contribution in [1.82, 2.24) is 10.2 Å². The summed E-state index contributed by atoms with van der Waals surface area (Å²) < 4.78 is 27.4. The first-order valence-electron chi connectivity index (χ1n) is 14.8. The van der Waals surface area contributed by atoms with Crippen LogP contribution in [0.5, 0.6) is 0 Å². The average Bonchev–Trinajstić information content (AvgIpc) is 2.94. The molecule has 3 aromatic rings. The Kier molecular flexibility index (Phi) is 10.4. The van der Waals surface area contributed by atoms with Gasteiger partial charge in [-0.15, -0.1) is 0 Å². The maximum Gasteiger partial charge on any atom is 0.244 e. The second-order valence-corrected chi connectivity index (χ2v) is 13.5. The van der Waals surface area contributed by atoms with E-state index >= 15 is 0 Å². The molecule has 224 valence electrons. The second kappa shape index (κ2) is 14.0. The van der Waals surface area contributed by atoms with E-state index in [1.54, 1.807) is 4.90 Å². The molecule has 42 heavy (non-hydrogen) atoms. The van der Waals surface area contributed by atoms with Gasteiger partial charge in [0.25, 0.3) is 0 Å². The number of benzene rings is 3. The van der Waals surface area contributed by atoms with Gasteiger partial charge in [0.15, 0.2) is 0 Å². The summed E-state index contributed by atoms with van der Waals surface area (Å²) in [5, 5.41) is 3.24. The van der Waals surface area contributed by atoms with Gasteiger partial charge in [0.2, 0.25) is 21.8 Å². The zero-order chi connectivity index (χ0) is 30.3. The molecule has 1 atom stereocenters. The van der Waals surface area contributed by atoms with Crippen molar-refractivity contribution in [2.75, 3.05) is 17.1 Å².